The van der Waals surface area contributed by atoms with Crippen molar-refractivity contribution in [2.45, 2.75) is 13.5 Å². The molecule has 17 heavy (non-hydrogen) atoms. The summed E-state index contributed by atoms with van der Waals surface area (Å²) in [6.07, 6.45) is 3.36. The van der Waals surface area contributed by atoms with Crippen molar-refractivity contribution in [2.75, 3.05) is 5.32 Å². The van der Waals surface area contributed by atoms with Crippen LogP contribution in [0.2, 0.25) is 0 Å². The van der Waals surface area contributed by atoms with E-state index in [1.165, 1.54) is 5.56 Å². The summed E-state index contributed by atoms with van der Waals surface area (Å²) in [5.41, 5.74) is 2.95. The second-order valence-corrected chi connectivity index (χ2v) is 3.87. The van der Waals surface area contributed by atoms with Crippen molar-refractivity contribution in [2.24, 2.45) is 0 Å². The number of aromatic nitrogens is 2. The normalized spacial score (nSPS) is 9.94. The first-order valence-corrected chi connectivity index (χ1v) is 5.52. The lowest BCUT2D eigenvalue weighted by Crippen LogP contribution is -2.04. The average Bonchev–Trinajstić information content (AvgIpc) is 2.38. The molecule has 1 aromatic heterocycles. The van der Waals surface area contributed by atoms with Crippen molar-refractivity contribution in [1.82, 2.24) is 9.97 Å². The van der Waals surface area contributed by atoms with Crippen LogP contribution in [0, 0.1) is 0 Å². The molecule has 3 nitrogen and oxygen atoms in total. The van der Waals surface area contributed by atoms with Crippen LogP contribution < -0.4 is 5.32 Å². The predicted molar refractivity (Wildman–Crippen MR) is 70.5 cm³/mol. The number of nitrogens with zero attached hydrogens (tertiary/aromatic N) is 2. The zero-order chi connectivity index (χ0) is 12.1. The fraction of sp³-hybridized carbons (Fsp3) is 0.143. The summed E-state index contributed by atoms with van der Waals surface area (Å²) >= 11 is 0. The minimum Gasteiger partial charge on any atom is -0.364 e. The molecule has 0 unspecified atom stereocenters. The quantitative estimate of drug-likeness (QED) is 0.868. The molecule has 0 fully saturated rings. The molecular weight excluding hydrogens is 210 g/mol. The molecule has 0 aliphatic heterocycles. The zero-order valence-corrected chi connectivity index (χ0v) is 9.85. The Bertz CT molecular complexity index is 506. The van der Waals surface area contributed by atoms with Crippen molar-refractivity contribution < 1.29 is 0 Å². The molecule has 0 aliphatic rings. The number of benzene rings is 1. The fourth-order valence-electron chi connectivity index (χ4n) is 1.56. The highest BCUT2D eigenvalue weighted by molar-refractivity contribution is 5.67. The number of hydrogen-bond donors (Lipinski definition) is 1. The highest BCUT2D eigenvalue weighted by Crippen LogP contribution is 2.17. The van der Waals surface area contributed by atoms with E-state index in [0.717, 1.165) is 23.6 Å². The van der Waals surface area contributed by atoms with Crippen LogP contribution in [0.15, 0.2) is 49.3 Å². The van der Waals surface area contributed by atoms with Gasteiger partial charge in [0.1, 0.15) is 5.69 Å². The smallest absolute Gasteiger partial charge is 0.152 e. The van der Waals surface area contributed by atoms with Crippen LogP contribution in [0.25, 0.3) is 5.57 Å². The molecule has 0 saturated heterocycles. The molecule has 0 amide bonds. The van der Waals surface area contributed by atoms with E-state index < -0.39 is 0 Å². The second-order valence-electron chi connectivity index (χ2n) is 3.87. The topological polar surface area (TPSA) is 37.8 Å². The zero-order valence-electron chi connectivity index (χ0n) is 9.85. The average molecular weight is 225 g/mol. The Balaban J connectivity index is 2.12. The van der Waals surface area contributed by atoms with Crippen molar-refractivity contribution in [1.29, 1.82) is 0 Å². The molecule has 1 N–H and O–H groups in total. The van der Waals surface area contributed by atoms with E-state index in [9.17, 15) is 0 Å². The van der Waals surface area contributed by atoms with Crippen molar-refractivity contribution >= 4 is 11.4 Å². The highest BCUT2D eigenvalue weighted by atomic mass is 15.0. The Labute approximate surface area is 101 Å². The third-order valence-electron chi connectivity index (χ3n) is 2.41. The second kappa shape index (κ2) is 5.25. The Morgan fingerprint density at radius 1 is 1.18 bits per heavy atom. The van der Waals surface area contributed by atoms with Gasteiger partial charge in [-0.1, -0.05) is 36.9 Å². The first-order chi connectivity index (χ1) is 8.27. The number of nitrogens with one attached hydrogen (secondary N) is 1. The predicted octanol–water partition coefficient (Wildman–Crippen LogP) is 3.12. The van der Waals surface area contributed by atoms with Gasteiger partial charge in [-0.25, -0.2) is 4.98 Å². The van der Waals surface area contributed by atoms with Gasteiger partial charge in [0.25, 0.3) is 0 Å². The van der Waals surface area contributed by atoms with E-state index in [-0.39, 0.29) is 0 Å². The van der Waals surface area contributed by atoms with Gasteiger partial charge in [0, 0.05) is 18.9 Å². The first kappa shape index (κ1) is 11.3. The van der Waals surface area contributed by atoms with Crippen molar-refractivity contribution in [3.05, 3.63) is 60.6 Å². The molecule has 0 aliphatic carbocycles. The van der Waals surface area contributed by atoms with Crippen LogP contribution in [0.1, 0.15) is 18.2 Å². The number of anilines is 1. The number of allylic oxidation sites excluding steroid dienone is 1. The lowest BCUT2D eigenvalue weighted by molar-refractivity contribution is 1.07. The van der Waals surface area contributed by atoms with Crippen LogP contribution in [-0.4, -0.2) is 9.97 Å². The molecule has 1 heterocycles. The molecule has 0 radical (unpaired) electrons. The van der Waals surface area contributed by atoms with E-state index in [0.29, 0.717) is 0 Å². The summed E-state index contributed by atoms with van der Waals surface area (Å²) < 4.78 is 0. The largest absolute Gasteiger partial charge is 0.364 e. The van der Waals surface area contributed by atoms with Crippen LogP contribution in [0.5, 0.6) is 0 Å². The maximum Gasteiger partial charge on any atom is 0.152 e. The summed E-state index contributed by atoms with van der Waals surface area (Å²) in [6, 6.07) is 10.2. The number of hydrogen-bond acceptors (Lipinski definition) is 3. The lowest BCUT2D eigenvalue weighted by atomic mass is 10.2. The molecule has 2 aromatic rings. The van der Waals surface area contributed by atoms with Gasteiger partial charge in [-0.3, -0.25) is 4.98 Å². The Morgan fingerprint density at radius 3 is 2.59 bits per heavy atom. The molecule has 86 valence electrons. The van der Waals surface area contributed by atoms with E-state index in [4.69, 9.17) is 0 Å². The maximum absolute atomic E-state index is 4.28. The Hall–Kier alpha value is -2.16. The van der Waals surface area contributed by atoms with E-state index in [1.807, 2.05) is 25.1 Å². The van der Waals surface area contributed by atoms with E-state index >= 15 is 0 Å². The van der Waals surface area contributed by atoms with Gasteiger partial charge in [0.15, 0.2) is 5.82 Å². The Morgan fingerprint density at radius 2 is 1.88 bits per heavy atom. The van der Waals surface area contributed by atoms with E-state index in [1.54, 1.807) is 12.4 Å². The van der Waals surface area contributed by atoms with Crippen molar-refractivity contribution in [3.8, 4) is 0 Å². The van der Waals surface area contributed by atoms with Gasteiger partial charge in [-0.15, -0.1) is 0 Å². The first-order valence-electron chi connectivity index (χ1n) is 5.52. The molecule has 0 spiro atoms. The van der Waals surface area contributed by atoms with Crippen LogP contribution in [0.4, 0.5) is 5.82 Å². The lowest BCUT2D eigenvalue weighted by Gasteiger charge is -2.09. The van der Waals surface area contributed by atoms with Gasteiger partial charge >= 0.3 is 0 Å². The van der Waals surface area contributed by atoms with Gasteiger partial charge in [-0.05, 0) is 18.1 Å². The maximum atomic E-state index is 4.28. The van der Waals surface area contributed by atoms with Crippen LogP contribution in [-0.2, 0) is 6.54 Å². The fourth-order valence-corrected chi connectivity index (χ4v) is 1.56. The Kier molecular flexibility index (Phi) is 3.50. The highest BCUT2D eigenvalue weighted by Gasteiger charge is 2.04. The molecule has 3 heteroatoms. The summed E-state index contributed by atoms with van der Waals surface area (Å²) in [7, 11) is 0. The monoisotopic (exact) mass is 225 g/mol. The van der Waals surface area contributed by atoms with Crippen LogP contribution >= 0.6 is 0 Å². The summed E-state index contributed by atoms with van der Waals surface area (Å²) in [5.74, 6) is 0.781. The van der Waals surface area contributed by atoms with Gasteiger partial charge in [-0.2, -0.15) is 0 Å². The molecule has 1 aromatic carbocycles. The summed E-state index contributed by atoms with van der Waals surface area (Å²) in [5, 5.41) is 3.28. The molecule has 0 bridgehead atoms. The summed E-state index contributed by atoms with van der Waals surface area (Å²) in [4.78, 5) is 8.55. The third-order valence-corrected chi connectivity index (χ3v) is 2.41. The van der Waals surface area contributed by atoms with E-state index in [2.05, 4.69) is 34.0 Å². The van der Waals surface area contributed by atoms with Crippen LogP contribution in [0.3, 0.4) is 0 Å². The van der Waals surface area contributed by atoms with Crippen molar-refractivity contribution in [3.63, 3.8) is 0 Å². The number of rotatable bonds is 4. The summed E-state index contributed by atoms with van der Waals surface area (Å²) in [6.45, 7) is 6.56. The van der Waals surface area contributed by atoms with Gasteiger partial charge < -0.3 is 5.32 Å². The third kappa shape index (κ3) is 2.91. The SMILES string of the molecule is C=C(C)c1nccnc1NCc1ccccc1. The molecular formula is C14H15N3. The minimum atomic E-state index is 0.736. The van der Waals surface area contributed by atoms with Gasteiger partial charge in [0.05, 0.1) is 0 Å². The minimum absolute atomic E-state index is 0.736. The molecule has 0 atom stereocenters. The molecule has 0 saturated carbocycles. The molecule has 2 rings (SSSR count). The standard InChI is InChI=1S/C14H15N3/c1-11(2)13-14(16-9-8-15-13)17-10-12-6-4-3-5-7-12/h3-9H,1,10H2,2H3,(H,16,17). The van der Waals surface area contributed by atoms with Gasteiger partial charge in [0.2, 0.25) is 0 Å².